The molecule has 1 aromatic carbocycles. The molecule has 5 heteroatoms. The lowest BCUT2D eigenvalue weighted by Crippen LogP contribution is -1.88. The predicted octanol–water partition coefficient (Wildman–Crippen LogP) is 2.70. The Balaban J connectivity index is 3.13. The summed E-state index contributed by atoms with van der Waals surface area (Å²) in [6.45, 7) is 0. The summed E-state index contributed by atoms with van der Waals surface area (Å²) in [6.07, 6.45) is 1.13. The number of hydrogen-bond donors (Lipinski definition) is 0. The van der Waals surface area contributed by atoms with Crippen LogP contribution in [-0.2, 0) is 0 Å². The number of nitro groups is 1. The minimum Gasteiger partial charge on any atom is -0.258 e. The van der Waals surface area contributed by atoms with Gasteiger partial charge in [-0.05, 0) is 0 Å². The van der Waals surface area contributed by atoms with Crippen LogP contribution in [0.25, 0.3) is 5.03 Å². The van der Waals surface area contributed by atoms with Gasteiger partial charge in [0.2, 0.25) is 0 Å². The van der Waals surface area contributed by atoms with Crippen LogP contribution in [0.4, 0.5) is 5.69 Å². The zero-order valence-corrected chi connectivity index (χ0v) is 7.73. The Morgan fingerprint density at radius 1 is 1.64 bits per heavy atom. The van der Waals surface area contributed by atoms with Crippen molar-refractivity contribution in [3.05, 3.63) is 46.0 Å². The van der Waals surface area contributed by atoms with E-state index in [0.29, 0.717) is 5.56 Å². The molecule has 0 N–H and O–H groups in total. The number of halogens is 1. The highest BCUT2D eigenvalue weighted by Crippen LogP contribution is 2.22. The second kappa shape index (κ2) is 4.40. The van der Waals surface area contributed by atoms with Crippen molar-refractivity contribution in [1.29, 1.82) is 5.26 Å². The number of nitriles is 1. The zero-order chi connectivity index (χ0) is 10.6. The van der Waals surface area contributed by atoms with Crippen LogP contribution in [0.15, 0.2) is 30.3 Å². The molecule has 0 atom stereocenters. The lowest BCUT2D eigenvalue weighted by Gasteiger charge is -1.96. The quantitative estimate of drug-likeness (QED) is 0.426. The number of nitrogens with zero attached hydrogens (tertiary/aromatic N) is 2. The van der Waals surface area contributed by atoms with E-state index in [2.05, 4.69) is 0 Å². The van der Waals surface area contributed by atoms with Crippen molar-refractivity contribution in [3.8, 4) is 6.07 Å². The molecule has 0 unspecified atom stereocenters. The van der Waals surface area contributed by atoms with Gasteiger partial charge in [-0.25, -0.2) is 0 Å². The number of rotatable bonds is 2. The van der Waals surface area contributed by atoms with E-state index in [-0.39, 0.29) is 10.7 Å². The van der Waals surface area contributed by atoms with Crippen molar-refractivity contribution < 1.29 is 4.92 Å². The molecule has 4 nitrogen and oxygen atoms in total. The topological polar surface area (TPSA) is 66.9 Å². The third-order valence-electron chi connectivity index (χ3n) is 1.52. The van der Waals surface area contributed by atoms with E-state index in [1.807, 2.05) is 0 Å². The molecule has 0 radical (unpaired) electrons. The minimum absolute atomic E-state index is 0.0491. The Hall–Kier alpha value is -1.86. The van der Waals surface area contributed by atoms with E-state index < -0.39 is 4.92 Å². The van der Waals surface area contributed by atoms with Crippen LogP contribution < -0.4 is 0 Å². The summed E-state index contributed by atoms with van der Waals surface area (Å²) in [7, 11) is 0. The van der Waals surface area contributed by atoms with Crippen molar-refractivity contribution in [2.24, 2.45) is 0 Å². The molecule has 0 spiro atoms. The highest BCUT2D eigenvalue weighted by molar-refractivity contribution is 6.49. The standard InChI is InChI=1S/C9H5ClN2O2/c10-9(4-5-11)7-2-1-3-8(6-7)12(13)14/h1-4,6H/b9-4+. The average Bonchev–Trinajstić information content (AvgIpc) is 2.18. The lowest BCUT2D eigenvalue weighted by molar-refractivity contribution is -0.384. The van der Waals surface area contributed by atoms with Crippen LogP contribution >= 0.6 is 11.6 Å². The fourth-order valence-electron chi connectivity index (χ4n) is 0.908. The molecule has 0 heterocycles. The van der Waals surface area contributed by atoms with Gasteiger partial charge in [-0.15, -0.1) is 0 Å². The van der Waals surface area contributed by atoms with E-state index in [0.717, 1.165) is 6.08 Å². The molecule has 0 aliphatic heterocycles. The maximum Gasteiger partial charge on any atom is 0.270 e. The first-order chi connectivity index (χ1) is 6.65. The Bertz CT molecular complexity index is 435. The molecule has 1 aromatic rings. The van der Waals surface area contributed by atoms with Gasteiger partial charge in [-0.1, -0.05) is 23.7 Å². The molecule has 0 fully saturated rings. The summed E-state index contributed by atoms with van der Waals surface area (Å²) >= 11 is 5.70. The zero-order valence-electron chi connectivity index (χ0n) is 6.98. The first-order valence-corrected chi connectivity index (χ1v) is 4.03. The van der Waals surface area contributed by atoms with E-state index >= 15 is 0 Å². The Labute approximate surface area is 85.2 Å². The van der Waals surface area contributed by atoms with Crippen LogP contribution in [0.5, 0.6) is 0 Å². The first-order valence-electron chi connectivity index (χ1n) is 3.65. The second-order valence-corrected chi connectivity index (χ2v) is 2.84. The third kappa shape index (κ3) is 2.31. The summed E-state index contributed by atoms with van der Waals surface area (Å²) in [5.74, 6) is 0. The van der Waals surface area contributed by atoms with Gasteiger partial charge < -0.3 is 0 Å². The molecule has 0 aromatic heterocycles. The molecule has 0 bridgehead atoms. The second-order valence-electron chi connectivity index (χ2n) is 2.43. The van der Waals surface area contributed by atoms with Gasteiger partial charge in [-0.3, -0.25) is 10.1 Å². The van der Waals surface area contributed by atoms with E-state index in [1.54, 1.807) is 12.1 Å². The van der Waals surface area contributed by atoms with Crippen LogP contribution in [0, 0.1) is 21.4 Å². The summed E-state index contributed by atoms with van der Waals surface area (Å²) in [6, 6.07) is 7.54. The van der Waals surface area contributed by atoms with Gasteiger partial charge in [0.1, 0.15) is 0 Å². The normalized spacial score (nSPS) is 10.7. The number of non-ortho nitro benzene ring substituents is 1. The fourth-order valence-corrected chi connectivity index (χ4v) is 1.07. The maximum atomic E-state index is 10.4. The number of nitro benzene ring substituents is 1. The molecule has 0 saturated heterocycles. The molecule has 0 saturated carbocycles. The number of benzene rings is 1. The number of hydrogen-bond acceptors (Lipinski definition) is 3. The number of allylic oxidation sites excluding steroid dienone is 1. The Morgan fingerprint density at radius 3 is 2.93 bits per heavy atom. The van der Waals surface area contributed by atoms with Crippen molar-refractivity contribution in [1.82, 2.24) is 0 Å². The van der Waals surface area contributed by atoms with Gasteiger partial charge in [0.15, 0.2) is 0 Å². The Morgan fingerprint density at radius 2 is 2.36 bits per heavy atom. The molecular formula is C9H5ClN2O2. The molecular weight excluding hydrogens is 204 g/mol. The summed E-state index contributed by atoms with van der Waals surface area (Å²) < 4.78 is 0. The van der Waals surface area contributed by atoms with Gasteiger partial charge in [0, 0.05) is 23.8 Å². The van der Waals surface area contributed by atoms with Gasteiger partial charge in [-0.2, -0.15) is 5.26 Å². The predicted molar refractivity (Wildman–Crippen MR) is 52.5 cm³/mol. The maximum absolute atomic E-state index is 10.4. The van der Waals surface area contributed by atoms with E-state index in [1.165, 1.54) is 18.2 Å². The third-order valence-corrected chi connectivity index (χ3v) is 1.85. The van der Waals surface area contributed by atoms with Crippen molar-refractivity contribution >= 4 is 22.3 Å². The van der Waals surface area contributed by atoms with E-state index in [4.69, 9.17) is 16.9 Å². The van der Waals surface area contributed by atoms with Gasteiger partial charge >= 0.3 is 0 Å². The lowest BCUT2D eigenvalue weighted by atomic mass is 10.2. The minimum atomic E-state index is -0.514. The SMILES string of the molecule is N#C/C=C(/Cl)c1cccc([N+](=O)[O-])c1. The molecule has 14 heavy (non-hydrogen) atoms. The van der Waals surface area contributed by atoms with E-state index in [9.17, 15) is 10.1 Å². The van der Waals surface area contributed by atoms with Crippen LogP contribution in [0.2, 0.25) is 0 Å². The smallest absolute Gasteiger partial charge is 0.258 e. The molecule has 0 amide bonds. The van der Waals surface area contributed by atoms with Crippen LogP contribution in [-0.4, -0.2) is 4.92 Å². The molecule has 70 valence electrons. The van der Waals surface area contributed by atoms with Crippen molar-refractivity contribution in [3.63, 3.8) is 0 Å². The van der Waals surface area contributed by atoms with Crippen LogP contribution in [0.1, 0.15) is 5.56 Å². The molecule has 1 rings (SSSR count). The van der Waals surface area contributed by atoms with Gasteiger partial charge in [0.05, 0.1) is 16.0 Å². The average molecular weight is 209 g/mol. The van der Waals surface area contributed by atoms with Crippen molar-refractivity contribution in [2.45, 2.75) is 0 Å². The highest BCUT2D eigenvalue weighted by atomic mass is 35.5. The first kappa shape index (κ1) is 10.2. The fraction of sp³-hybridized carbons (Fsp3) is 0. The molecule has 0 aliphatic carbocycles. The van der Waals surface area contributed by atoms with Crippen molar-refractivity contribution in [2.75, 3.05) is 0 Å². The van der Waals surface area contributed by atoms with Gasteiger partial charge in [0.25, 0.3) is 5.69 Å². The summed E-state index contributed by atoms with van der Waals surface area (Å²) in [5.41, 5.74) is 0.411. The monoisotopic (exact) mass is 208 g/mol. The Kier molecular flexibility index (Phi) is 3.21. The summed E-state index contributed by atoms with van der Waals surface area (Å²) in [4.78, 5) is 9.90. The largest absolute Gasteiger partial charge is 0.270 e. The highest BCUT2D eigenvalue weighted by Gasteiger charge is 2.06. The molecule has 0 aliphatic rings. The summed E-state index contributed by atoms with van der Waals surface area (Å²) in [5, 5.41) is 18.9. The van der Waals surface area contributed by atoms with Crippen LogP contribution in [0.3, 0.4) is 0 Å².